The van der Waals surface area contributed by atoms with Gasteiger partial charge in [-0.15, -0.1) is 5.06 Å². The molecule has 1 N–H and O–H groups in total. The number of imide groups is 1. The molecule has 0 bridgehead atoms. The zero-order valence-corrected chi connectivity index (χ0v) is 23.0. The Labute approximate surface area is 210 Å². The van der Waals surface area contributed by atoms with Crippen LogP contribution in [0.25, 0.3) is 0 Å². The van der Waals surface area contributed by atoms with E-state index in [-0.39, 0.29) is 43.1 Å². The summed E-state index contributed by atoms with van der Waals surface area (Å²) in [5.74, 6) is -2.79. The molecule has 10 nitrogen and oxygen atoms in total. The highest BCUT2D eigenvalue weighted by Crippen LogP contribution is 2.30. The zero-order valence-electron chi connectivity index (χ0n) is 22.1. The standard InChI is InChI=1S/C24H40N2O8S/c1-16(2)13-24(7,8)33-20(30)14-35(32)12-11-17(27)25-23(5,6)15-22(3,4)21(31)34-26-18(28)9-10-19(26)29/h16H,9-15H2,1-8H3,(H,25,27). The molecule has 1 fully saturated rings. The third-order valence-corrected chi connectivity index (χ3v) is 6.44. The van der Waals surface area contributed by atoms with Crippen LogP contribution in [0.4, 0.5) is 0 Å². The molecular weight excluding hydrogens is 476 g/mol. The minimum Gasteiger partial charge on any atom is -0.459 e. The van der Waals surface area contributed by atoms with E-state index in [2.05, 4.69) is 5.32 Å². The van der Waals surface area contributed by atoms with Crippen molar-refractivity contribution in [3.05, 3.63) is 0 Å². The van der Waals surface area contributed by atoms with E-state index in [1.807, 2.05) is 27.7 Å². The van der Waals surface area contributed by atoms with Gasteiger partial charge in [-0.3, -0.25) is 23.4 Å². The SMILES string of the molecule is CC(C)CC(C)(C)OC(=O)CS(=O)CCC(=O)NC(C)(C)CC(C)(C)C(=O)ON1C(=O)CCC1=O. The highest BCUT2D eigenvalue weighted by atomic mass is 32.2. The molecule has 1 unspecified atom stereocenters. The number of hydroxylamine groups is 2. The van der Waals surface area contributed by atoms with Crippen molar-refractivity contribution in [3.63, 3.8) is 0 Å². The highest BCUT2D eigenvalue weighted by Gasteiger charge is 2.41. The van der Waals surface area contributed by atoms with Crippen LogP contribution in [0.5, 0.6) is 0 Å². The molecule has 0 aromatic rings. The monoisotopic (exact) mass is 516 g/mol. The third kappa shape index (κ3) is 10.9. The topological polar surface area (TPSA) is 136 Å². The van der Waals surface area contributed by atoms with E-state index in [0.717, 1.165) is 0 Å². The fourth-order valence-electron chi connectivity index (χ4n) is 4.30. The molecule has 1 heterocycles. The molecule has 200 valence electrons. The van der Waals surface area contributed by atoms with E-state index in [1.54, 1.807) is 27.7 Å². The summed E-state index contributed by atoms with van der Waals surface area (Å²) in [6.07, 6.45) is 0.769. The number of carbonyl (C=O) groups is 5. The largest absolute Gasteiger partial charge is 0.459 e. The fourth-order valence-corrected chi connectivity index (χ4v) is 5.18. The molecule has 0 aliphatic carbocycles. The summed E-state index contributed by atoms with van der Waals surface area (Å²) in [5.41, 5.74) is -2.62. The van der Waals surface area contributed by atoms with Gasteiger partial charge in [0.1, 0.15) is 11.4 Å². The van der Waals surface area contributed by atoms with Crippen LogP contribution in [0.2, 0.25) is 0 Å². The summed E-state index contributed by atoms with van der Waals surface area (Å²) < 4.78 is 17.7. The summed E-state index contributed by atoms with van der Waals surface area (Å²) in [4.78, 5) is 65.6. The van der Waals surface area contributed by atoms with Crippen LogP contribution in [-0.2, 0) is 44.3 Å². The van der Waals surface area contributed by atoms with Gasteiger partial charge in [-0.05, 0) is 60.3 Å². The molecule has 35 heavy (non-hydrogen) atoms. The Kier molecular flexibility index (Phi) is 10.6. The lowest BCUT2D eigenvalue weighted by Crippen LogP contribution is -2.49. The van der Waals surface area contributed by atoms with Crippen molar-refractivity contribution in [3.8, 4) is 0 Å². The first kappa shape index (κ1) is 30.7. The van der Waals surface area contributed by atoms with Crippen LogP contribution in [0.15, 0.2) is 0 Å². The van der Waals surface area contributed by atoms with E-state index in [1.165, 1.54) is 0 Å². The second-order valence-electron chi connectivity index (χ2n) is 11.3. The van der Waals surface area contributed by atoms with Gasteiger partial charge >= 0.3 is 11.9 Å². The first-order valence-corrected chi connectivity index (χ1v) is 13.3. The summed E-state index contributed by atoms with van der Waals surface area (Å²) in [5, 5.41) is 3.30. The second-order valence-corrected chi connectivity index (χ2v) is 12.9. The molecule has 1 aliphatic heterocycles. The number of rotatable bonds is 13. The van der Waals surface area contributed by atoms with Gasteiger partial charge in [-0.2, -0.15) is 0 Å². The number of nitrogens with one attached hydrogen (secondary N) is 1. The Bertz CT molecular complexity index is 848. The first-order valence-electron chi connectivity index (χ1n) is 11.8. The van der Waals surface area contributed by atoms with Crippen LogP contribution in [-0.4, -0.2) is 61.6 Å². The molecule has 3 amide bonds. The lowest BCUT2D eigenvalue weighted by Gasteiger charge is -2.34. The molecular formula is C24H40N2O8S. The first-order chi connectivity index (χ1) is 15.8. The quantitative estimate of drug-likeness (QED) is 0.291. The van der Waals surface area contributed by atoms with Crippen molar-refractivity contribution < 1.29 is 37.8 Å². The summed E-state index contributed by atoms with van der Waals surface area (Å²) in [6.45, 7) is 14.3. The fraction of sp³-hybridized carbons (Fsp3) is 0.792. The smallest absolute Gasteiger partial charge is 0.338 e. The molecule has 0 saturated carbocycles. The molecule has 1 atom stereocenters. The van der Waals surface area contributed by atoms with Gasteiger partial charge in [0, 0.05) is 41.4 Å². The Morgan fingerprint density at radius 2 is 1.57 bits per heavy atom. The molecule has 0 aromatic carbocycles. The molecule has 1 rings (SSSR count). The minimum atomic E-state index is -1.56. The average Bonchev–Trinajstić information content (AvgIpc) is 2.95. The number of hydrogen-bond donors (Lipinski definition) is 1. The Balaban J connectivity index is 2.53. The maximum absolute atomic E-state index is 12.6. The Morgan fingerprint density at radius 1 is 1.03 bits per heavy atom. The van der Waals surface area contributed by atoms with Crippen LogP contribution in [0, 0.1) is 11.3 Å². The van der Waals surface area contributed by atoms with Crippen molar-refractivity contribution >= 4 is 40.5 Å². The molecule has 1 saturated heterocycles. The number of esters is 1. The number of amides is 3. The van der Waals surface area contributed by atoms with Crippen molar-refractivity contribution in [2.75, 3.05) is 11.5 Å². The Morgan fingerprint density at radius 3 is 2.09 bits per heavy atom. The van der Waals surface area contributed by atoms with Gasteiger partial charge in [0.2, 0.25) is 5.91 Å². The van der Waals surface area contributed by atoms with E-state index < -0.39 is 51.1 Å². The van der Waals surface area contributed by atoms with E-state index in [9.17, 15) is 28.2 Å². The Hall–Kier alpha value is -2.30. The van der Waals surface area contributed by atoms with Gasteiger partial charge < -0.3 is 14.9 Å². The van der Waals surface area contributed by atoms with Crippen molar-refractivity contribution in [2.45, 2.75) is 98.6 Å². The number of ether oxygens (including phenoxy) is 1. The lowest BCUT2D eigenvalue weighted by atomic mass is 9.80. The summed E-state index contributed by atoms with van der Waals surface area (Å²) in [6, 6.07) is 0. The lowest BCUT2D eigenvalue weighted by molar-refractivity contribution is -0.204. The predicted octanol–water partition coefficient (Wildman–Crippen LogP) is 2.41. The molecule has 0 spiro atoms. The van der Waals surface area contributed by atoms with Gasteiger partial charge in [0.25, 0.3) is 11.8 Å². The molecule has 1 aliphatic rings. The van der Waals surface area contributed by atoms with Gasteiger partial charge in [0.15, 0.2) is 0 Å². The second kappa shape index (κ2) is 12.1. The molecule has 11 heteroatoms. The van der Waals surface area contributed by atoms with E-state index >= 15 is 0 Å². The van der Waals surface area contributed by atoms with Gasteiger partial charge in [-0.25, -0.2) is 4.79 Å². The maximum Gasteiger partial charge on any atom is 0.338 e. The normalized spacial score (nSPS) is 15.9. The maximum atomic E-state index is 12.6. The summed E-state index contributed by atoms with van der Waals surface area (Å²) in [7, 11) is -1.56. The summed E-state index contributed by atoms with van der Waals surface area (Å²) >= 11 is 0. The van der Waals surface area contributed by atoms with Gasteiger partial charge in [-0.1, -0.05) is 13.8 Å². The van der Waals surface area contributed by atoms with E-state index in [4.69, 9.17) is 9.57 Å². The number of nitrogens with zero attached hydrogens (tertiary/aromatic N) is 1. The van der Waals surface area contributed by atoms with E-state index in [0.29, 0.717) is 17.4 Å². The van der Waals surface area contributed by atoms with Crippen molar-refractivity contribution in [1.82, 2.24) is 10.4 Å². The highest BCUT2D eigenvalue weighted by molar-refractivity contribution is 7.85. The van der Waals surface area contributed by atoms with Crippen LogP contribution in [0.1, 0.15) is 87.5 Å². The molecule has 0 radical (unpaired) electrons. The number of carbonyl (C=O) groups excluding carboxylic acids is 5. The zero-order chi connectivity index (χ0) is 27.2. The minimum absolute atomic E-state index is 0.00287. The average molecular weight is 517 g/mol. The van der Waals surface area contributed by atoms with Crippen molar-refractivity contribution in [2.24, 2.45) is 11.3 Å². The number of hydrogen-bond acceptors (Lipinski definition) is 8. The van der Waals surface area contributed by atoms with Crippen LogP contribution in [0.3, 0.4) is 0 Å². The van der Waals surface area contributed by atoms with Crippen molar-refractivity contribution in [1.29, 1.82) is 0 Å². The predicted molar refractivity (Wildman–Crippen MR) is 130 cm³/mol. The van der Waals surface area contributed by atoms with Gasteiger partial charge in [0.05, 0.1) is 5.41 Å². The van der Waals surface area contributed by atoms with Crippen LogP contribution < -0.4 is 5.32 Å². The molecule has 0 aromatic heterocycles. The van der Waals surface area contributed by atoms with Crippen LogP contribution >= 0.6 is 0 Å². The third-order valence-electron chi connectivity index (χ3n) is 5.22.